The summed E-state index contributed by atoms with van der Waals surface area (Å²) in [6.07, 6.45) is 3.16. The van der Waals surface area contributed by atoms with Crippen molar-refractivity contribution >= 4 is 28.5 Å². The van der Waals surface area contributed by atoms with E-state index in [1.54, 1.807) is 0 Å². The Morgan fingerprint density at radius 1 is 1.14 bits per heavy atom. The van der Waals surface area contributed by atoms with Crippen molar-refractivity contribution in [1.82, 2.24) is 14.9 Å². The zero-order valence-electron chi connectivity index (χ0n) is 16.2. The summed E-state index contributed by atoms with van der Waals surface area (Å²) >= 11 is 5.89. The van der Waals surface area contributed by atoms with E-state index < -0.39 is 0 Å². The fourth-order valence-corrected chi connectivity index (χ4v) is 3.22. The highest BCUT2D eigenvalue weighted by Gasteiger charge is 2.10. The molecule has 1 aromatic heterocycles. The number of nitrogens with zero attached hydrogens (tertiary/aromatic N) is 2. The minimum atomic E-state index is 0.0713. The lowest BCUT2D eigenvalue weighted by Gasteiger charge is -2.10. The first kappa shape index (κ1) is 20.2. The molecular formula is C22H26ClN3O2. The van der Waals surface area contributed by atoms with Crippen LogP contribution in [-0.2, 0) is 17.8 Å². The van der Waals surface area contributed by atoms with Gasteiger partial charge in [-0.15, -0.1) is 0 Å². The van der Waals surface area contributed by atoms with Gasteiger partial charge in [0.2, 0.25) is 5.91 Å². The molecule has 2 aromatic carbocycles. The van der Waals surface area contributed by atoms with Crippen LogP contribution in [0.3, 0.4) is 0 Å². The fraction of sp³-hybridized carbons (Fsp3) is 0.364. The van der Waals surface area contributed by atoms with Crippen molar-refractivity contribution in [2.45, 2.75) is 39.2 Å². The summed E-state index contributed by atoms with van der Waals surface area (Å²) in [7, 11) is 0. The maximum Gasteiger partial charge on any atom is 0.219 e. The van der Waals surface area contributed by atoms with Gasteiger partial charge in [-0.1, -0.05) is 30.7 Å². The van der Waals surface area contributed by atoms with E-state index in [1.165, 1.54) is 0 Å². The van der Waals surface area contributed by atoms with Gasteiger partial charge < -0.3 is 14.6 Å². The normalized spacial score (nSPS) is 10.9. The van der Waals surface area contributed by atoms with Crippen LogP contribution in [0.15, 0.2) is 48.5 Å². The molecule has 0 fully saturated rings. The number of hydrogen-bond acceptors (Lipinski definition) is 3. The van der Waals surface area contributed by atoms with Crippen molar-refractivity contribution in [3.63, 3.8) is 0 Å². The summed E-state index contributed by atoms with van der Waals surface area (Å²) in [5.41, 5.74) is 2.13. The average Bonchev–Trinajstić information content (AvgIpc) is 3.06. The average molecular weight is 400 g/mol. The topological polar surface area (TPSA) is 56.2 Å². The molecular weight excluding hydrogens is 374 g/mol. The minimum absolute atomic E-state index is 0.0713. The number of carbonyl (C=O) groups is 1. The third-order valence-electron chi connectivity index (χ3n) is 4.58. The molecule has 0 aliphatic heterocycles. The lowest BCUT2D eigenvalue weighted by Crippen LogP contribution is -2.25. The summed E-state index contributed by atoms with van der Waals surface area (Å²) in [5, 5.41) is 3.64. The number of carbonyl (C=O) groups excluding carboxylic acids is 1. The van der Waals surface area contributed by atoms with Gasteiger partial charge in [0.05, 0.1) is 17.6 Å². The van der Waals surface area contributed by atoms with Crippen LogP contribution in [0.25, 0.3) is 11.0 Å². The predicted molar refractivity (Wildman–Crippen MR) is 113 cm³/mol. The predicted octanol–water partition coefficient (Wildman–Crippen LogP) is 4.62. The van der Waals surface area contributed by atoms with Crippen LogP contribution < -0.4 is 10.1 Å². The van der Waals surface area contributed by atoms with Crippen molar-refractivity contribution in [3.05, 3.63) is 59.4 Å². The largest absolute Gasteiger partial charge is 0.494 e. The second kappa shape index (κ2) is 10.1. The number of halogens is 1. The van der Waals surface area contributed by atoms with E-state index in [0.717, 1.165) is 48.4 Å². The van der Waals surface area contributed by atoms with Gasteiger partial charge in [-0.25, -0.2) is 4.98 Å². The van der Waals surface area contributed by atoms with E-state index in [4.69, 9.17) is 21.3 Å². The van der Waals surface area contributed by atoms with Gasteiger partial charge >= 0.3 is 0 Å². The molecule has 5 nitrogen and oxygen atoms in total. The Balaban J connectivity index is 1.55. The SMILES string of the molecule is CCC(=O)NCCc1nc2ccccc2n1CCCCOc1ccc(Cl)cc1. The molecule has 0 unspecified atom stereocenters. The number of ether oxygens (including phenoxy) is 1. The number of unbranched alkanes of at least 4 members (excludes halogenated alkanes) is 1. The van der Waals surface area contributed by atoms with Crippen LogP contribution in [0.5, 0.6) is 5.75 Å². The molecule has 1 N–H and O–H groups in total. The van der Waals surface area contributed by atoms with Crippen LogP contribution in [0.2, 0.25) is 5.02 Å². The lowest BCUT2D eigenvalue weighted by atomic mass is 10.2. The number of amides is 1. The van der Waals surface area contributed by atoms with Gasteiger partial charge in [0.15, 0.2) is 0 Å². The first-order valence-electron chi connectivity index (χ1n) is 9.76. The molecule has 1 heterocycles. The van der Waals surface area contributed by atoms with E-state index in [0.29, 0.717) is 24.6 Å². The summed E-state index contributed by atoms with van der Waals surface area (Å²) in [4.78, 5) is 16.2. The molecule has 0 aliphatic rings. The summed E-state index contributed by atoms with van der Waals surface area (Å²) < 4.78 is 8.03. The fourth-order valence-electron chi connectivity index (χ4n) is 3.10. The van der Waals surface area contributed by atoms with Crippen molar-refractivity contribution in [3.8, 4) is 5.75 Å². The maximum absolute atomic E-state index is 11.5. The quantitative estimate of drug-likeness (QED) is 0.506. The van der Waals surface area contributed by atoms with E-state index >= 15 is 0 Å². The van der Waals surface area contributed by atoms with E-state index in [-0.39, 0.29) is 5.91 Å². The van der Waals surface area contributed by atoms with Crippen LogP contribution in [0.4, 0.5) is 0 Å². The van der Waals surface area contributed by atoms with Gasteiger partial charge in [0.25, 0.3) is 0 Å². The second-order valence-electron chi connectivity index (χ2n) is 6.63. The number of aryl methyl sites for hydroxylation is 1. The molecule has 0 atom stereocenters. The summed E-state index contributed by atoms with van der Waals surface area (Å²) in [6.45, 7) is 4.00. The molecule has 0 saturated heterocycles. The third kappa shape index (κ3) is 5.49. The number of aromatic nitrogens is 2. The standard InChI is InChI=1S/C22H26ClN3O2/c1-2-22(27)24-14-13-21-25-19-7-3-4-8-20(19)26(21)15-5-6-16-28-18-11-9-17(23)10-12-18/h3-4,7-12H,2,5-6,13-16H2,1H3,(H,24,27). The van der Waals surface area contributed by atoms with Crippen LogP contribution in [-0.4, -0.2) is 28.6 Å². The monoisotopic (exact) mass is 399 g/mol. The highest BCUT2D eigenvalue weighted by molar-refractivity contribution is 6.30. The molecule has 0 saturated carbocycles. The van der Waals surface area contributed by atoms with Gasteiger partial charge in [0.1, 0.15) is 11.6 Å². The minimum Gasteiger partial charge on any atom is -0.494 e. The number of rotatable bonds is 10. The van der Waals surface area contributed by atoms with Crippen LogP contribution in [0.1, 0.15) is 32.0 Å². The summed E-state index contributed by atoms with van der Waals surface area (Å²) in [6, 6.07) is 15.6. The number of para-hydroxylation sites is 2. The van der Waals surface area contributed by atoms with Gasteiger partial charge in [-0.2, -0.15) is 0 Å². The number of benzene rings is 2. The Labute approximate surface area is 170 Å². The highest BCUT2D eigenvalue weighted by atomic mass is 35.5. The molecule has 3 aromatic rings. The first-order valence-corrected chi connectivity index (χ1v) is 10.1. The molecule has 0 radical (unpaired) electrons. The molecule has 3 rings (SSSR count). The Morgan fingerprint density at radius 2 is 1.93 bits per heavy atom. The summed E-state index contributed by atoms with van der Waals surface area (Å²) in [5.74, 6) is 1.92. The molecule has 1 amide bonds. The number of imidazole rings is 1. The third-order valence-corrected chi connectivity index (χ3v) is 4.84. The zero-order valence-corrected chi connectivity index (χ0v) is 16.9. The lowest BCUT2D eigenvalue weighted by molar-refractivity contribution is -0.120. The molecule has 148 valence electrons. The molecule has 0 spiro atoms. The number of hydrogen-bond donors (Lipinski definition) is 1. The molecule has 28 heavy (non-hydrogen) atoms. The van der Waals surface area contributed by atoms with Gasteiger partial charge in [-0.3, -0.25) is 4.79 Å². The number of nitrogens with one attached hydrogen (secondary N) is 1. The molecule has 0 bridgehead atoms. The smallest absolute Gasteiger partial charge is 0.219 e. The van der Waals surface area contributed by atoms with E-state index in [2.05, 4.69) is 16.0 Å². The first-order chi connectivity index (χ1) is 13.7. The van der Waals surface area contributed by atoms with Crippen molar-refractivity contribution in [2.24, 2.45) is 0 Å². The van der Waals surface area contributed by atoms with Crippen LogP contribution >= 0.6 is 11.6 Å². The second-order valence-corrected chi connectivity index (χ2v) is 7.07. The Morgan fingerprint density at radius 3 is 2.71 bits per heavy atom. The van der Waals surface area contributed by atoms with E-state index in [9.17, 15) is 4.79 Å². The zero-order chi connectivity index (χ0) is 19.8. The molecule has 6 heteroatoms. The molecule has 0 aliphatic carbocycles. The van der Waals surface area contributed by atoms with Crippen molar-refractivity contribution in [2.75, 3.05) is 13.2 Å². The Kier molecular flexibility index (Phi) is 7.31. The number of fused-ring (bicyclic) bond motifs is 1. The van der Waals surface area contributed by atoms with Gasteiger partial charge in [0, 0.05) is 31.0 Å². The van der Waals surface area contributed by atoms with Gasteiger partial charge in [-0.05, 0) is 49.2 Å². The van der Waals surface area contributed by atoms with Crippen LogP contribution in [0, 0.1) is 0 Å². The maximum atomic E-state index is 11.5. The van der Waals surface area contributed by atoms with Crippen molar-refractivity contribution in [1.29, 1.82) is 0 Å². The highest BCUT2D eigenvalue weighted by Crippen LogP contribution is 2.18. The van der Waals surface area contributed by atoms with E-state index in [1.807, 2.05) is 49.4 Å². The van der Waals surface area contributed by atoms with Crippen molar-refractivity contribution < 1.29 is 9.53 Å². The Bertz CT molecular complexity index is 906. The Hall–Kier alpha value is -2.53.